The predicted octanol–water partition coefficient (Wildman–Crippen LogP) is 1.58. The maximum atomic E-state index is 12.2. The summed E-state index contributed by atoms with van der Waals surface area (Å²) in [6.07, 6.45) is 6.80. The summed E-state index contributed by atoms with van der Waals surface area (Å²) >= 11 is 0. The van der Waals surface area contributed by atoms with Crippen LogP contribution in [0.3, 0.4) is 0 Å². The average Bonchev–Trinajstić information content (AvgIpc) is 3.11. The number of hydrogen-bond donors (Lipinski definition) is 1. The van der Waals surface area contributed by atoms with E-state index < -0.39 is 0 Å². The highest BCUT2D eigenvalue weighted by Gasteiger charge is 2.33. The van der Waals surface area contributed by atoms with Crippen LogP contribution in [0.1, 0.15) is 38.5 Å². The molecule has 4 nitrogen and oxygen atoms in total. The fourth-order valence-corrected chi connectivity index (χ4v) is 3.61. The van der Waals surface area contributed by atoms with Crippen LogP contribution in [0, 0.1) is 5.92 Å². The van der Waals surface area contributed by atoms with Gasteiger partial charge in [-0.1, -0.05) is 0 Å². The van der Waals surface area contributed by atoms with E-state index in [0.29, 0.717) is 6.04 Å². The third-order valence-corrected chi connectivity index (χ3v) is 4.72. The summed E-state index contributed by atoms with van der Waals surface area (Å²) in [5.41, 5.74) is 0. The maximum Gasteiger partial charge on any atom is 0.251 e. The van der Waals surface area contributed by atoms with E-state index in [1.54, 1.807) is 0 Å². The van der Waals surface area contributed by atoms with Gasteiger partial charge in [0.25, 0.3) is 5.91 Å². The van der Waals surface area contributed by atoms with Gasteiger partial charge in [0.05, 0.1) is 0 Å². The molecule has 3 aliphatic rings. The van der Waals surface area contributed by atoms with E-state index in [-0.39, 0.29) is 24.4 Å². The highest BCUT2D eigenvalue weighted by Crippen LogP contribution is 2.26. The van der Waals surface area contributed by atoms with Crippen LogP contribution in [0.5, 0.6) is 0 Å². The summed E-state index contributed by atoms with van der Waals surface area (Å²) in [6.45, 7) is 3.81. The third-order valence-electron chi connectivity index (χ3n) is 4.72. The number of amides is 1. The molecule has 0 aromatic carbocycles. The van der Waals surface area contributed by atoms with Crippen LogP contribution in [0.25, 0.3) is 0 Å². The summed E-state index contributed by atoms with van der Waals surface area (Å²) in [7, 11) is 0. The molecule has 0 aliphatic carbocycles. The quantitative estimate of drug-likeness (QED) is 0.839. The van der Waals surface area contributed by atoms with Gasteiger partial charge in [-0.3, -0.25) is 4.79 Å². The summed E-state index contributed by atoms with van der Waals surface area (Å²) in [4.78, 5) is 14.2. The van der Waals surface area contributed by atoms with Crippen molar-refractivity contribution in [2.45, 2.75) is 50.7 Å². The number of halogens is 1. The second-order valence-corrected chi connectivity index (χ2v) is 5.87. The van der Waals surface area contributed by atoms with Gasteiger partial charge >= 0.3 is 0 Å². The van der Waals surface area contributed by atoms with E-state index >= 15 is 0 Å². The first-order valence-corrected chi connectivity index (χ1v) is 7.48. The van der Waals surface area contributed by atoms with Gasteiger partial charge in [-0.25, -0.2) is 0 Å². The topological polar surface area (TPSA) is 41.6 Å². The summed E-state index contributed by atoms with van der Waals surface area (Å²) in [5.74, 6) is 1.02. The van der Waals surface area contributed by atoms with E-state index in [1.807, 2.05) is 4.90 Å². The molecule has 3 rings (SSSR count). The molecule has 2 unspecified atom stereocenters. The van der Waals surface area contributed by atoms with E-state index in [0.717, 1.165) is 51.3 Å². The monoisotopic (exact) mass is 288 g/mol. The Labute approximate surface area is 121 Å². The van der Waals surface area contributed by atoms with Gasteiger partial charge in [-0.15, -0.1) is 12.4 Å². The van der Waals surface area contributed by atoms with Crippen molar-refractivity contribution in [1.29, 1.82) is 0 Å². The second-order valence-electron chi connectivity index (χ2n) is 5.87. The number of piperidine rings is 1. The summed E-state index contributed by atoms with van der Waals surface area (Å²) < 4.78 is 5.49. The van der Waals surface area contributed by atoms with Crippen LogP contribution < -0.4 is 5.32 Å². The Hall–Kier alpha value is -0.320. The van der Waals surface area contributed by atoms with Gasteiger partial charge in [0.1, 0.15) is 6.10 Å². The molecule has 0 saturated carbocycles. The number of nitrogens with zero attached hydrogens (tertiary/aromatic N) is 1. The first-order chi connectivity index (χ1) is 8.84. The lowest BCUT2D eigenvalue weighted by Gasteiger charge is -2.35. The smallest absolute Gasteiger partial charge is 0.251 e. The molecule has 0 aromatic rings. The number of carbonyl (C=O) groups is 1. The van der Waals surface area contributed by atoms with Crippen LogP contribution in [0.2, 0.25) is 0 Å². The molecule has 0 spiro atoms. The standard InChI is InChI=1S/C14H24N2O2.ClH/c17-14(13-4-2-10-18-13)16-8-5-11(6-9-16)12-3-1-7-15-12;/h11-13,15H,1-10H2;1H. The summed E-state index contributed by atoms with van der Waals surface area (Å²) in [6, 6.07) is 0.713. The second kappa shape index (κ2) is 6.91. The lowest BCUT2D eigenvalue weighted by Crippen LogP contribution is -2.46. The highest BCUT2D eigenvalue weighted by molar-refractivity contribution is 5.85. The van der Waals surface area contributed by atoms with Crippen molar-refractivity contribution < 1.29 is 9.53 Å². The molecule has 19 heavy (non-hydrogen) atoms. The van der Waals surface area contributed by atoms with Crippen molar-refractivity contribution in [3.05, 3.63) is 0 Å². The molecule has 3 aliphatic heterocycles. The minimum Gasteiger partial charge on any atom is -0.368 e. The van der Waals surface area contributed by atoms with Crippen molar-refractivity contribution in [2.75, 3.05) is 26.2 Å². The maximum absolute atomic E-state index is 12.2. The van der Waals surface area contributed by atoms with Gasteiger partial charge < -0.3 is 15.0 Å². The number of rotatable bonds is 2. The Morgan fingerprint density at radius 1 is 1.11 bits per heavy atom. The molecular weight excluding hydrogens is 264 g/mol. The van der Waals surface area contributed by atoms with E-state index in [4.69, 9.17) is 4.74 Å². The minimum atomic E-state index is -0.133. The molecule has 3 heterocycles. The molecule has 0 aromatic heterocycles. The number of likely N-dealkylation sites (tertiary alicyclic amines) is 1. The van der Waals surface area contributed by atoms with Crippen LogP contribution in [-0.4, -0.2) is 49.2 Å². The Balaban J connectivity index is 0.00000133. The van der Waals surface area contributed by atoms with Crippen molar-refractivity contribution in [3.63, 3.8) is 0 Å². The zero-order valence-electron chi connectivity index (χ0n) is 11.5. The van der Waals surface area contributed by atoms with Crippen LogP contribution in [-0.2, 0) is 9.53 Å². The van der Waals surface area contributed by atoms with Crippen LogP contribution in [0.15, 0.2) is 0 Å². The number of nitrogens with one attached hydrogen (secondary N) is 1. The van der Waals surface area contributed by atoms with Gasteiger partial charge in [-0.05, 0) is 51.0 Å². The first-order valence-electron chi connectivity index (χ1n) is 7.48. The lowest BCUT2D eigenvalue weighted by atomic mass is 9.88. The third kappa shape index (κ3) is 3.41. The van der Waals surface area contributed by atoms with E-state index in [2.05, 4.69) is 5.32 Å². The molecule has 1 amide bonds. The SMILES string of the molecule is Cl.O=C(C1CCCO1)N1CCC(C2CCCN2)CC1. The molecule has 110 valence electrons. The van der Waals surface area contributed by atoms with Gasteiger partial charge in [0, 0.05) is 25.7 Å². The molecule has 5 heteroatoms. The Morgan fingerprint density at radius 2 is 1.89 bits per heavy atom. The largest absolute Gasteiger partial charge is 0.368 e. The van der Waals surface area contributed by atoms with Gasteiger partial charge in [-0.2, -0.15) is 0 Å². The molecule has 0 bridgehead atoms. The van der Waals surface area contributed by atoms with Crippen molar-refractivity contribution in [1.82, 2.24) is 10.2 Å². The lowest BCUT2D eigenvalue weighted by molar-refractivity contribution is -0.142. The molecule has 0 radical (unpaired) electrons. The number of ether oxygens (including phenoxy) is 1. The van der Waals surface area contributed by atoms with E-state index in [9.17, 15) is 4.79 Å². The van der Waals surface area contributed by atoms with Crippen molar-refractivity contribution >= 4 is 18.3 Å². The molecular formula is C14H25ClN2O2. The Morgan fingerprint density at radius 3 is 2.47 bits per heavy atom. The number of carbonyl (C=O) groups excluding carboxylic acids is 1. The Kier molecular flexibility index (Phi) is 5.48. The first kappa shape index (κ1) is 15.1. The molecule has 1 N–H and O–H groups in total. The van der Waals surface area contributed by atoms with Gasteiger partial charge in [0.2, 0.25) is 0 Å². The fraction of sp³-hybridized carbons (Fsp3) is 0.929. The van der Waals surface area contributed by atoms with Crippen LogP contribution in [0.4, 0.5) is 0 Å². The van der Waals surface area contributed by atoms with Crippen LogP contribution >= 0.6 is 12.4 Å². The fourth-order valence-electron chi connectivity index (χ4n) is 3.61. The van der Waals surface area contributed by atoms with Gasteiger partial charge in [0.15, 0.2) is 0 Å². The molecule has 3 saturated heterocycles. The normalized spacial score (nSPS) is 32.3. The molecule has 3 fully saturated rings. The zero-order chi connectivity index (χ0) is 12.4. The van der Waals surface area contributed by atoms with Crippen molar-refractivity contribution in [3.8, 4) is 0 Å². The predicted molar refractivity (Wildman–Crippen MR) is 76.6 cm³/mol. The summed E-state index contributed by atoms with van der Waals surface area (Å²) in [5, 5.41) is 3.60. The minimum absolute atomic E-state index is 0. The van der Waals surface area contributed by atoms with Crippen molar-refractivity contribution in [2.24, 2.45) is 5.92 Å². The molecule has 2 atom stereocenters. The number of hydrogen-bond acceptors (Lipinski definition) is 3. The zero-order valence-corrected chi connectivity index (χ0v) is 12.3. The Bertz CT molecular complexity index is 294. The van der Waals surface area contributed by atoms with E-state index in [1.165, 1.54) is 19.4 Å². The average molecular weight is 289 g/mol. The highest BCUT2D eigenvalue weighted by atomic mass is 35.5.